The van der Waals surface area contributed by atoms with Gasteiger partial charge in [-0.15, -0.1) is 11.3 Å². The van der Waals surface area contributed by atoms with Crippen LogP contribution in [0.2, 0.25) is 0 Å². The zero-order valence-corrected chi connectivity index (χ0v) is 30.6. The van der Waals surface area contributed by atoms with E-state index in [4.69, 9.17) is 4.42 Å². The molecular formula is C52H33NOS. The number of benzene rings is 9. The Morgan fingerprint density at radius 2 is 0.927 bits per heavy atom. The second-order valence-corrected chi connectivity index (χ2v) is 15.2. The van der Waals surface area contributed by atoms with Crippen LogP contribution in [0.15, 0.2) is 205 Å². The largest absolute Gasteiger partial charge is 0.455 e. The molecule has 0 N–H and O–H groups in total. The van der Waals surface area contributed by atoms with E-state index >= 15 is 0 Å². The maximum atomic E-state index is 6.40. The predicted octanol–water partition coefficient (Wildman–Crippen LogP) is 15.6. The molecule has 2 aromatic heterocycles. The number of hydrogen-bond acceptors (Lipinski definition) is 3. The van der Waals surface area contributed by atoms with Gasteiger partial charge in [-0.05, 0) is 99.3 Å². The van der Waals surface area contributed by atoms with Crippen LogP contribution >= 0.6 is 11.3 Å². The molecule has 11 rings (SSSR count). The Hall–Kier alpha value is -6.94. The Kier molecular flexibility index (Phi) is 7.39. The highest BCUT2D eigenvalue weighted by atomic mass is 32.1. The third-order valence-corrected chi connectivity index (χ3v) is 12.0. The van der Waals surface area contributed by atoms with Crippen LogP contribution in [-0.4, -0.2) is 0 Å². The first-order valence-electron chi connectivity index (χ1n) is 18.7. The van der Waals surface area contributed by atoms with E-state index in [9.17, 15) is 0 Å². The summed E-state index contributed by atoms with van der Waals surface area (Å²) in [5.41, 5.74) is 12.1. The zero-order valence-electron chi connectivity index (χ0n) is 29.8. The van der Waals surface area contributed by atoms with E-state index in [-0.39, 0.29) is 0 Å². The topological polar surface area (TPSA) is 16.4 Å². The molecule has 0 aliphatic carbocycles. The minimum Gasteiger partial charge on any atom is -0.455 e. The summed E-state index contributed by atoms with van der Waals surface area (Å²) in [4.78, 5) is 2.34. The van der Waals surface area contributed by atoms with Gasteiger partial charge in [0.2, 0.25) is 0 Å². The van der Waals surface area contributed by atoms with Gasteiger partial charge in [-0.1, -0.05) is 140 Å². The van der Waals surface area contributed by atoms with Crippen LogP contribution in [0.4, 0.5) is 17.1 Å². The van der Waals surface area contributed by atoms with E-state index < -0.39 is 0 Å². The Balaban J connectivity index is 0.988. The lowest BCUT2D eigenvalue weighted by Gasteiger charge is -2.26. The summed E-state index contributed by atoms with van der Waals surface area (Å²) < 4.78 is 9.04. The van der Waals surface area contributed by atoms with Crippen molar-refractivity contribution in [3.63, 3.8) is 0 Å². The molecule has 9 aromatic carbocycles. The number of furan rings is 1. The molecule has 0 unspecified atom stereocenters. The quantitative estimate of drug-likeness (QED) is 0.170. The van der Waals surface area contributed by atoms with E-state index in [0.717, 1.165) is 50.1 Å². The average Bonchev–Trinajstić information content (AvgIpc) is 3.83. The van der Waals surface area contributed by atoms with Crippen LogP contribution < -0.4 is 4.90 Å². The summed E-state index contributed by atoms with van der Waals surface area (Å²) >= 11 is 1.87. The minimum atomic E-state index is 0.909. The Morgan fingerprint density at radius 1 is 0.364 bits per heavy atom. The molecule has 55 heavy (non-hydrogen) atoms. The summed E-state index contributed by atoms with van der Waals surface area (Å²) in [5.74, 6) is 0. The standard InChI is InChI=1S/C52H33NOS/c1-2-9-34(10-3-1)35-17-25-40(26-18-35)53(42-29-21-38(22-30-42)44-14-8-15-46-45-13-6-7-16-48(45)54-52(44)46)41-27-19-36(20-28-41)39-24-31-49-47(33-39)51-43-12-5-4-11-37(43)23-32-50(51)55-49/h1-33H. The van der Waals surface area contributed by atoms with Gasteiger partial charge in [0.05, 0.1) is 0 Å². The van der Waals surface area contributed by atoms with Crippen molar-refractivity contribution in [3.05, 3.63) is 200 Å². The van der Waals surface area contributed by atoms with Crippen LogP contribution in [0.5, 0.6) is 0 Å². The molecule has 258 valence electrons. The maximum absolute atomic E-state index is 6.40. The fraction of sp³-hybridized carbons (Fsp3) is 0. The molecule has 0 saturated heterocycles. The number of thiophene rings is 1. The van der Waals surface area contributed by atoms with E-state index in [2.05, 4.69) is 193 Å². The summed E-state index contributed by atoms with van der Waals surface area (Å²) in [6.07, 6.45) is 0. The van der Waals surface area contributed by atoms with Gasteiger partial charge in [0.25, 0.3) is 0 Å². The third kappa shape index (κ3) is 5.40. The molecule has 2 nitrogen and oxygen atoms in total. The van der Waals surface area contributed by atoms with Crippen LogP contribution in [-0.2, 0) is 0 Å². The first-order chi connectivity index (χ1) is 27.2. The van der Waals surface area contributed by atoms with Crippen molar-refractivity contribution in [2.75, 3.05) is 4.90 Å². The number of para-hydroxylation sites is 2. The smallest absolute Gasteiger partial charge is 0.143 e. The summed E-state index contributed by atoms with van der Waals surface area (Å²) in [6, 6.07) is 72.1. The number of nitrogens with zero attached hydrogens (tertiary/aromatic N) is 1. The van der Waals surface area contributed by atoms with E-state index in [1.165, 1.54) is 53.2 Å². The van der Waals surface area contributed by atoms with Gasteiger partial charge in [0.15, 0.2) is 0 Å². The van der Waals surface area contributed by atoms with Crippen LogP contribution in [0, 0.1) is 0 Å². The van der Waals surface area contributed by atoms with Gasteiger partial charge >= 0.3 is 0 Å². The molecule has 11 aromatic rings. The Labute approximate surface area is 322 Å². The molecule has 0 spiro atoms. The summed E-state index contributed by atoms with van der Waals surface area (Å²) in [6.45, 7) is 0. The summed E-state index contributed by atoms with van der Waals surface area (Å²) in [5, 5.41) is 7.53. The first kappa shape index (κ1) is 31.6. The first-order valence-corrected chi connectivity index (χ1v) is 19.5. The Bertz CT molecular complexity index is 3170. The maximum Gasteiger partial charge on any atom is 0.143 e. The summed E-state index contributed by atoms with van der Waals surface area (Å²) in [7, 11) is 0. The van der Waals surface area contributed by atoms with Crippen molar-refractivity contribution in [2.45, 2.75) is 0 Å². The van der Waals surface area contributed by atoms with Crippen LogP contribution in [0.3, 0.4) is 0 Å². The number of fused-ring (bicyclic) bond motifs is 8. The monoisotopic (exact) mass is 719 g/mol. The molecule has 0 saturated carbocycles. The lowest BCUT2D eigenvalue weighted by molar-refractivity contribution is 0.670. The molecule has 0 bridgehead atoms. The lowest BCUT2D eigenvalue weighted by Crippen LogP contribution is -2.09. The highest BCUT2D eigenvalue weighted by molar-refractivity contribution is 7.26. The molecule has 0 radical (unpaired) electrons. The van der Waals surface area contributed by atoms with Crippen LogP contribution in [0.25, 0.3) is 86.3 Å². The average molecular weight is 720 g/mol. The zero-order chi connectivity index (χ0) is 36.3. The van der Waals surface area contributed by atoms with Crippen molar-refractivity contribution in [1.29, 1.82) is 0 Å². The fourth-order valence-corrected chi connectivity index (χ4v) is 9.28. The van der Waals surface area contributed by atoms with Gasteiger partial charge in [-0.3, -0.25) is 0 Å². The van der Waals surface area contributed by atoms with Gasteiger partial charge in [-0.25, -0.2) is 0 Å². The van der Waals surface area contributed by atoms with E-state index in [1.54, 1.807) is 0 Å². The van der Waals surface area contributed by atoms with Crippen molar-refractivity contribution in [1.82, 2.24) is 0 Å². The second kappa shape index (κ2) is 12.9. The minimum absolute atomic E-state index is 0.909. The highest BCUT2D eigenvalue weighted by Crippen LogP contribution is 2.42. The van der Waals surface area contributed by atoms with Gasteiger partial charge in [-0.2, -0.15) is 0 Å². The molecule has 0 aliphatic heterocycles. The highest BCUT2D eigenvalue weighted by Gasteiger charge is 2.17. The van der Waals surface area contributed by atoms with Gasteiger partial charge < -0.3 is 9.32 Å². The predicted molar refractivity (Wildman–Crippen MR) is 235 cm³/mol. The number of anilines is 3. The SMILES string of the molecule is c1ccc(-c2ccc(N(c3ccc(-c4ccc5sc6ccc7ccccc7c6c5c4)cc3)c3ccc(-c4cccc5c4oc4ccccc45)cc3)cc2)cc1. The van der Waals surface area contributed by atoms with Gasteiger partial charge in [0, 0.05) is 53.6 Å². The third-order valence-electron chi connectivity index (χ3n) is 10.9. The second-order valence-electron chi connectivity index (χ2n) is 14.1. The van der Waals surface area contributed by atoms with Crippen molar-refractivity contribution >= 4 is 81.3 Å². The number of rotatable bonds is 6. The molecule has 3 heteroatoms. The Morgan fingerprint density at radius 3 is 1.67 bits per heavy atom. The molecule has 0 amide bonds. The van der Waals surface area contributed by atoms with Crippen LogP contribution in [0.1, 0.15) is 0 Å². The van der Waals surface area contributed by atoms with E-state index in [0.29, 0.717) is 0 Å². The lowest BCUT2D eigenvalue weighted by atomic mass is 9.99. The van der Waals surface area contributed by atoms with Crippen molar-refractivity contribution in [3.8, 4) is 33.4 Å². The van der Waals surface area contributed by atoms with Crippen molar-refractivity contribution < 1.29 is 4.42 Å². The molecule has 2 heterocycles. The van der Waals surface area contributed by atoms with Gasteiger partial charge in [0.1, 0.15) is 11.2 Å². The number of hydrogen-bond donors (Lipinski definition) is 0. The van der Waals surface area contributed by atoms with Crippen molar-refractivity contribution in [2.24, 2.45) is 0 Å². The van der Waals surface area contributed by atoms with E-state index in [1.807, 2.05) is 23.5 Å². The molecule has 0 fully saturated rings. The molecular weight excluding hydrogens is 687 g/mol. The molecule has 0 aliphatic rings. The fourth-order valence-electron chi connectivity index (χ4n) is 8.18. The normalized spacial score (nSPS) is 11.6. The molecule has 0 atom stereocenters.